The van der Waals surface area contributed by atoms with E-state index >= 15 is 0 Å². The third kappa shape index (κ3) is 4.24. The van der Waals surface area contributed by atoms with Crippen molar-refractivity contribution in [2.75, 3.05) is 37.4 Å². The van der Waals surface area contributed by atoms with Crippen LogP contribution in [0.25, 0.3) is 0 Å². The van der Waals surface area contributed by atoms with Crippen LogP contribution >= 0.6 is 0 Å². The number of hydrogen-bond acceptors (Lipinski definition) is 5. The van der Waals surface area contributed by atoms with Crippen LogP contribution in [0, 0.1) is 0 Å². The van der Waals surface area contributed by atoms with Crippen molar-refractivity contribution in [1.29, 1.82) is 0 Å². The van der Waals surface area contributed by atoms with E-state index < -0.39 is 0 Å². The Morgan fingerprint density at radius 3 is 2.76 bits per heavy atom. The molecule has 152 valence electrons. The topological polar surface area (TPSA) is 78.8 Å². The standard InChI is InChI=1S/C22H27N5O2/c1-29-15-9-19(28)27-13-10-22(11-14-27)21(24-16-17-6-3-2-4-7-17)25-20-18(26-22)8-5-12-23-20/h2-8,12,26H,9-11,13-16H2,1H3,(H,23,24,25). The molecule has 7 nitrogen and oxygen atoms in total. The normalized spacial score (nSPS) is 18.8. The van der Waals surface area contributed by atoms with Gasteiger partial charge in [-0.15, -0.1) is 0 Å². The predicted octanol–water partition coefficient (Wildman–Crippen LogP) is 2.92. The number of likely N-dealkylation sites (tertiary alicyclic amines) is 1. The van der Waals surface area contributed by atoms with Crippen molar-refractivity contribution >= 4 is 23.2 Å². The van der Waals surface area contributed by atoms with E-state index in [-0.39, 0.29) is 11.4 Å². The zero-order chi connectivity index (χ0) is 20.1. The fourth-order valence-corrected chi connectivity index (χ4v) is 3.95. The molecular weight excluding hydrogens is 366 g/mol. The SMILES string of the molecule is COCCC(=O)N1CCC2(CC1)Nc1cccnc1NC2=NCc1ccccc1. The van der Waals surface area contributed by atoms with Crippen molar-refractivity contribution < 1.29 is 9.53 Å². The molecule has 3 heterocycles. The van der Waals surface area contributed by atoms with Gasteiger partial charge >= 0.3 is 0 Å². The maximum absolute atomic E-state index is 12.4. The quantitative estimate of drug-likeness (QED) is 0.817. The van der Waals surface area contributed by atoms with E-state index in [2.05, 4.69) is 27.8 Å². The van der Waals surface area contributed by atoms with Gasteiger partial charge in [0.05, 0.1) is 30.8 Å². The molecule has 0 saturated carbocycles. The van der Waals surface area contributed by atoms with Gasteiger partial charge in [0.2, 0.25) is 5.91 Å². The number of aliphatic imine (C=N–C) groups is 1. The number of amides is 1. The number of nitrogens with one attached hydrogen (secondary N) is 2. The molecule has 1 saturated heterocycles. The highest BCUT2D eigenvalue weighted by atomic mass is 16.5. The Hall–Kier alpha value is -2.93. The molecule has 7 heteroatoms. The zero-order valence-electron chi connectivity index (χ0n) is 16.7. The lowest BCUT2D eigenvalue weighted by Gasteiger charge is -2.46. The fourth-order valence-electron chi connectivity index (χ4n) is 3.95. The number of benzene rings is 1. The third-order valence-corrected chi connectivity index (χ3v) is 5.62. The van der Waals surface area contributed by atoms with Crippen LogP contribution in [0.4, 0.5) is 11.5 Å². The van der Waals surface area contributed by atoms with Gasteiger partial charge in [0, 0.05) is 26.4 Å². The minimum Gasteiger partial charge on any atom is -0.384 e. The molecule has 0 aliphatic carbocycles. The van der Waals surface area contributed by atoms with Gasteiger partial charge in [-0.3, -0.25) is 9.79 Å². The summed E-state index contributed by atoms with van der Waals surface area (Å²) >= 11 is 0. The average molecular weight is 393 g/mol. The van der Waals surface area contributed by atoms with Gasteiger partial charge in [-0.05, 0) is 30.5 Å². The summed E-state index contributed by atoms with van der Waals surface area (Å²) in [6.45, 7) is 2.45. The molecule has 1 aromatic carbocycles. The number of methoxy groups -OCH3 is 1. The first kappa shape index (κ1) is 19.4. The summed E-state index contributed by atoms with van der Waals surface area (Å²) in [5, 5.41) is 7.14. The predicted molar refractivity (Wildman–Crippen MR) is 114 cm³/mol. The van der Waals surface area contributed by atoms with E-state index in [9.17, 15) is 4.79 Å². The van der Waals surface area contributed by atoms with Gasteiger partial charge in [0.25, 0.3) is 0 Å². The van der Waals surface area contributed by atoms with Crippen molar-refractivity contribution in [2.45, 2.75) is 31.3 Å². The van der Waals surface area contributed by atoms with Crippen LogP contribution in [-0.2, 0) is 16.1 Å². The second-order valence-corrected chi connectivity index (χ2v) is 7.51. The van der Waals surface area contributed by atoms with Crippen LogP contribution in [0.2, 0.25) is 0 Å². The number of fused-ring (bicyclic) bond motifs is 1. The Morgan fingerprint density at radius 1 is 1.21 bits per heavy atom. The van der Waals surface area contributed by atoms with E-state index in [0.29, 0.717) is 32.7 Å². The minimum absolute atomic E-state index is 0.148. The van der Waals surface area contributed by atoms with Crippen molar-refractivity contribution in [3.8, 4) is 0 Å². The highest BCUT2D eigenvalue weighted by molar-refractivity contribution is 6.08. The van der Waals surface area contributed by atoms with Crippen LogP contribution in [0.3, 0.4) is 0 Å². The van der Waals surface area contributed by atoms with E-state index in [4.69, 9.17) is 9.73 Å². The molecule has 2 N–H and O–H groups in total. The van der Waals surface area contributed by atoms with Crippen molar-refractivity contribution in [3.05, 3.63) is 54.2 Å². The number of hydrogen-bond donors (Lipinski definition) is 2. The van der Waals surface area contributed by atoms with E-state index in [1.165, 1.54) is 0 Å². The summed E-state index contributed by atoms with van der Waals surface area (Å²) in [6, 6.07) is 14.2. The number of ether oxygens (including phenoxy) is 1. The lowest BCUT2D eigenvalue weighted by molar-refractivity contribution is -0.133. The number of piperidine rings is 1. The molecule has 4 rings (SSSR count). The Balaban J connectivity index is 1.55. The molecule has 1 amide bonds. The number of pyridine rings is 1. The van der Waals surface area contributed by atoms with Gasteiger partial charge in [0.15, 0.2) is 5.82 Å². The maximum Gasteiger partial charge on any atom is 0.224 e. The summed E-state index contributed by atoms with van der Waals surface area (Å²) < 4.78 is 5.05. The van der Waals surface area contributed by atoms with E-state index in [0.717, 1.165) is 35.7 Å². The van der Waals surface area contributed by atoms with Crippen molar-refractivity contribution in [2.24, 2.45) is 4.99 Å². The van der Waals surface area contributed by atoms with Gasteiger partial charge in [0.1, 0.15) is 5.84 Å². The highest BCUT2D eigenvalue weighted by Gasteiger charge is 2.43. The summed E-state index contributed by atoms with van der Waals surface area (Å²) in [5.74, 6) is 1.84. The second-order valence-electron chi connectivity index (χ2n) is 7.51. The minimum atomic E-state index is -0.317. The van der Waals surface area contributed by atoms with Crippen LogP contribution in [0.15, 0.2) is 53.7 Å². The molecule has 0 atom stereocenters. The number of carbonyl (C=O) groups is 1. The molecule has 0 radical (unpaired) electrons. The first-order valence-corrected chi connectivity index (χ1v) is 10.1. The molecule has 2 aliphatic heterocycles. The first-order valence-electron chi connectivity index (χ1n) is 10.1. The second kappa shape index (κ2) is 8.61. The van der Waals surface area contributed by atoms with Gasteiger partial charge in [-0.2, -0.15) is 0 Å². The zero-order valence-corrected chi connectivity index (χ0v) is 16.7. The number of rotatable bonds is 5. The maximum atomic E-state index is 12.4. The van der Waals surface area contributed by atoms with Crippen LogP contribution in [-0.4, -0.2) is 54.0 Å². The number of aromatic nitrogens is 1. The lowest BCUT2D eigenvalue weighted by atomic mass is 9.84. The molecule has 0 bridgehead atoms. The van der Waals surface area contributed by atoms with Crippen LogP contribution in [0.5, 0.6) is 0 Å². The number of amidine groups is 1. The Morgan fingerprint density at radius 2 is 2.00 bits per heavy atom. The molecule has 29 heavy (non-hydrogen) atoms. The van der Waals surface area contributed by atoms with Crippen molar-refractivity contribution in [1.82, 2.24) is 9.88 Å². The summed E-state index contributed by atoms with van der Waals surface area (Å²) in [6.07, 6.45) is 3.79. The third-order valence-electron chi connectivity index (χ3n) is 5.62. The van der Waals surface area contributed by atoms with Crippen LogP contribution < -0.4 is 10.6 Å². The van der Waals surface area contributed by atoms with Crippen LogP contribution in [0.1, 0.15) is 24.8 Å². The summed E-state index contributed by atoms with van der Waals surface area (Å²) in [4.78, 5) is 23.7. The molecular formula is C22H27N5O2. The average Bonchev–Trinajstić information content (AvgIpc) is 2.77. The monoisotopic (exact) mass is 393 g/mol. The largest absolute Gasteiger partial charge is 0.384 e. The molecule has 1 aromatic heterocycles. The number of anilines is 2. The van der Waals surface area contributed by atoms with Gasteiger partial charge in [-0.1, -0.05) is 30.3 Å². The molecule has 1 fully saturated rings. The number of carbonyl (C=O) groups excluding carboxylic acids is 1. The highest BCUT2D eigenvalue weighted by Crippen LogP contribution is 2.36. The first-order chi connectivity index (χ1) is 14.2. The number of nitrogens with zero attached hydrogens (tertiary/aromatic N) is 3. The summed E-state index contributed by atoms with van der Waals surface area (Å²) in [5.41, 5.74) is 1.82. The lowest BCUT2D eigenvalue weighted by Crippen LogP contribution is -2.59. The fraction of sp³-hybridized carbons (Fsp3) is 0.409. The Kier molecular flexibility index (Phi) is 5.76. The van der Waals surface area contributed by atoms with Crippen molar-refractivity contribution in [3.63, 3.8) is 0 Å². The van der Waals surface area contributed by atoms with E-state index in [1.807, 2.05) is 35.2 Å². The molecule has 2 aliphatic rings. The van der Waals surface area contributed by atoms with E-state index in [1.54, 1.807) is 13.3 Å². The summed E-state index contributed by atoms with van der Waals surface area (Å²) in [7, 11) is 1.62. The van der Waals surface area contributed by atoms with Gasteiger partial charge in [-0.25, -0.2) is 4.98 Å². The molecule has 0 unspecified atom stereocenters. The Labute approximate surface area is 171 Å². The smallest absolute Gasteiger partial charge is 0.224 e. The molecule has 1 spiro atoms. The molecule has 2 aromatic rings. The van der Waals surface area contributed by atoms with Gasteiger partial charge < -0.3 is 20.3 Å². The Bertz CT molecular complexity index is 876.